The molecule has 0 saturated heterocycles. The molecule has 9 heteroatoms. The predicted molar refractivity (Wildman–Crippen MR) is 109 cm³/mol. The Morgan fingerprint density at radius 2 is 1.83 bits per heavy atom. The lowest BCUT2D eigenvalue weighted by atomic mass is 10.1. The number of hydrogen-bond acceptors (Lipinski definition) is 5. The van der Waals surface area contributed by atoms with Crippen molar-refractivity contribution in [2.45, 2.75) is 6.10 Å². The Balaban J connectivity index is 1.76. The summed E-state index contributed by atoms with van der Waals surface area (Å²) in [5.41, 5.74) is 6.52. The van der Waals surface area contributed by atoms with E-state index in [4.69, 9.17) is 10.5 Å². The fraction of sp³-hybridized carbons (Fsp3) is 0.200. The smallest absolute Gasteiger partial charge is 0.260 e. The molecular weight excluding hydrogens is 394 g/mol. The second kappa shape index (κ2) is 8.46. The van der Waals surface area contributed by atoms with Gasteiger partial charge in [0.2, 0.25) is 15.9 Å². The lowest BCUT2D eigenvalue weighted by Gasteiger charge is -2.34. The molecule has 29 heavy (non-hydrogen) atoms. The van der Waals surface area contributed by atoms with E-state index in [1.54, 1.807) is 48.5 Å². The molecule has 0 unspecified atom stereocenters. The van der Waals surface area contributed by atoms with E-state index in [-0.39, 0.29) is 6.54 Å². The largest absolute Gasteiger partial charge is 0.477 e. The molecule has 1 heterocycles. The van der Waals surface area contributed by atoms with Crippen LogP contribution < -0.4 is 15.4 Å². The summed E-state index contributed by atoms with van der Waals surface area (Å²) in [6, 6.07) is 15.7. The first kappa shape index (κ1) is 20.6. The van der Waals surface area contributed by atoms with Crippen molar-refractivity contribution < 1.29 is 22.7 Å². The van der Waals surface area contributed by atoms with Crippen LogP contribution in [-0.2, 0) is 19.6 Å². The van der Waals surface area contributed by atoms with Crippen molar-refractivity contribution in [2.24, 2.45) is 5.73 Å². The maximum absolute atomic E-state index is 12.8. The summed E-state index contributed by atoms with van der Waals surface area (Å²) in [6.07, 6.45) is 0.456. The molecule has 1 aliphatic rings. The summed E-state index contributed by atoms with van der Waals surface area (Å²) in [5, 5.41) is 1.05. The third-order valence-electron chi connectivity index (χ3n) is 4.42. The quantitative estimate of drug-likeness (QED) is 0.762. The Bertz CT molecular complexity index is 1040. The summed E-state index contributed by atoms with van der Waals surface area (Å²) in [6.45, 7) is -0.486. The molecule has 0 spiro atoms. The number of fused-ring (bicyclic) bond motifs is 1. The van der Waals surface area contributed by atoms with Gasteiger partial charge in [-0.1, -0.05) is 42.5 Å². The number of para-hydroxylation sites is 2. The van der Waals surface area contributed by atoms with Crippen LogP contribution in [0.5, 0.6) is 5.75 Å². The zero-order chi connectivity index (χ0) is 21.0. The molecule has 2 aromatic rings. The normalized spacial score (nSPS) is 16.5. The molecule has 0 fully saturated rings. The van der Waals surface area contributed by atoms with Gasteiger partial charge in [0.1, 0.15) is 5.75 Å². The number of nitrogens with two attached hydrogens (primary N) is 1. The highest BCUT2D eigenvalue weighted by atomic mass is 32.2. The molecule has 152 valence electrons. The van der Waals surface area contributed by atoms with Gasteiger partial charge in [0.05, 0.1) is 18.8 Å². The number of ether oxygens (including phenoxy) is 1. The summed E-state index contributed by atoms with van der Waals surface area (Å²) >= 11 is 0. The van der Waals surface area contributed by atoms with Crippen LogP contribution in [0.15, 0.2) is 60.0 Å². The first-order valence-corrected chi connectivity index (χ1v) is 10.3. The summed E-state index contributed by atoms with van der Waals surface area (Å²) < 4.78 is 31.5. The molecule has 0 radical (unpaired) electrons. The fourth-order valence-electron chi connectivity index (χ4n) is 2.82. The van der Waals surface area contributed by atoms with Gasteiger partial charge in [-0.2, -0.15) is 4.31 Å². The Morgan fingerprint density at radius 3 is 2.52 bits per heavy atom. The van der Waals surface area contributed by atoms with Crippen LogP contribution in [0.3, 0.4) is 0 Å². The van der Waals surface area contributed by atoms with Crippen molar-refractivity contribution >= 4 is 33.6 Å². The minimum atomic E-state index is -3.82. The molecule has 3 rings (SSSR count). The van der Waals surface area contributed by atoms with E-state index in [1.807, 2.05) is 6.07 Å². The van der Waals surface area contributed by atoms with E-state index in [0.29, 0.717) is 11.4 Å². The maximum atomic E-state index is 12.8. The molecule has 8 nitrogen and oxygen atoms in total. The Hall–Kier alpha value is -3.17. The minimum absolute atomic E-state index is 0.0844. The highest BCUT2D eigenvalue weighted by Crippen LogP contribution is 2.33. The molecular formula is C20H21N3O5S. The number of benzene rings is 2. The van der Waals surface area contributed by atoms with Gasteiger partial charge in [-0.05, 0) is 23.8 Å². The highest BCUT2D eigenvalue weighted by molar-refractivity contribution is 7.92. The Labute approximate surface area is 169 Å². The number of anilines is 1. The molecule has 0 aromatic heterocycles. The number of hydrogen-bond donors (Lipinski definition) is 1. The number of rotatable bonds is 6. The van der Waals surface area contributed by atoms with E-state index >= 15 is 0 Å². The SMILES string of the molecule is CN(CC(=O)N1C[C@@H](C(N)=O)Oc2ccccc21)S(=O)(=O)/C=C/c1ccccc1. The molecule has 1 aliphatic heterocycles. The van der Waals surface area contributed by atoms with Crippen molar-refractivity contribution in [3.63, 3.8) is 0 Å². The lowest BCUT2D eigenvalue weighted by Crippen LogP contribution is -2.51. The number of primary amides is 1. The van der Waals surface area contributed by atoms with Gasteiger partial charge in [-0.3, -0.25) is 9.59 Å². The van der Waals surface area contributed by atoms with Gasteiger partial charge in [0.15, 0.2) is 6.10 Å². The number of carbonyl (C=O) groups is 2. The van der Waals surface area contributed by atoms with Crippen molar-refractivity contribution in [1.29, 1.82) is 0 Å². The molecule has 2 amide bonds. The number of likely N-dealkylation sites (N-methyl/N-ethyl adjacent to an activating group) is 1. The van der Waals surface area contributed by atoms with Gasteiger partial charge in [0.25, 0.3) is 5.91 Å². The summed E-state index contributed by atoms with van der Waals surface area (Å²) in [4.78, 5) is 25.7. The van der Waals surface area contributed by atoms with E-state index < -0.39 is 34.5 Å². The molecule has 0 aliphatic carbocycles. The Morgan fingerprint density at radius 1 is 1.17 bits per heavy atom. The highest BCUT2D eigenvalue weighted by Gasteiger charge is 2.33. The molecule has 2 N–H and O–H groups in total. The Kier molecular flexibility index (Phi) is 6.00. The number of carbonyl (C=O) groups excluding carboxylic acids is 2. The van der Waals surface area contributed by atoms with Crippen molar-refractivity contribution in [3.8, 4) is 5.75 Å². The summed E-state index contributed by atoms with van der Waals surface area (Å²) in [5.74, 6) is -0.861. The standard InChI is InChI=1S/C20H21N3O5S/c1-22(29(26,27)12-11-15-7-3-2-4-8-15)14-19(24)23-13-18(20(21)25)28-17-10-6-5-9-16(17)23/h2-12,18H,13-14H2,1H3,(H2,21,25)/b12-11+/t18-/m0/s1. The lowest BCUT2D eigenvalue weighted by molar-refractivity contribution is -0.125. The third-order valence-corrected chi connectivity index (χ3v) is 5.89. The first-order valence-electron chi connectivity index (χ1n) is 8.83. The number of nitrogens with zero attached hydrogens (tertiary/aromatic N) is 2. The van der Waals surface area contributed by atoms with Crippen molar-refractivity contribution in [2.75, 3.05) is 25.0 Å². The van der Waals surface area contributed by atoms with Gasteiger partial charge in [0, 0.05) is 12.5 Å². The fourth-order valence-corrected chi connectivity index (χ4v) is 3.64. The monoisotopic (exact) mass is 415 g/mol. The molecule has 0 saturated carbocycles. The van der Waals surface area contributed by atoms with Crippen LogP contribution >= 0.6 is 0 Å². The van der Waals surface area contributed by atoms with Crippen molar-refractivity contribution in [3.05, 3.63) is 65.6 Å². The van der Waals surface area contributed by atoms with E-state index in [9.17, 15) is 18.0 Å². The van der Waals surface area contributed by atoms with Crippen LogP contribution in [0, 0.1) is 0 Å². The van der Waals surface area contributed by atoms with Crippen LogP contribution in [0.25, 0.3) is 6.08 Å². The van der Waals surface area contributed by atoms with Gasteiger partial charge in [-0.25, -0.2) is 8.42 Å². The topological polar surface area (TPSA) is 110 Å². The first-order chi connectivity index (χ1) is 13.8. The van der Waals surface area contributed by atoms with Crippen LogP contribution in [0.4, 0.5) is 5.69 Å². The van der Waals surface area contributed by atoms with Crippen LogP contribution in [0.1, 0.15) is 5.56 Å². The number of amides is 2. The van der Waals surface area contributed by atoms with Gasteiger partial charge in [-0.15, -0.1) is 0 Å². The zero-order valence-corrected chi connectivity index (χ0v) is 16.6. The van der Waals surface area contributed by atoms with Crippen molar-refractivity contribution in [1.82, 2.24) is 4.31 Å². The van der Waals surface area contributed by atoms with Crippen LogP contribution in [0.2, 0.25) is 0 Å². The van der Waals surface area contributed by atoms with Crippen LogP contribution in [-0.4, -0.2) is 50.8 Å². The van der Waals surface area contributed by atoms with E-state index in [0.717, 1.165) is 15.3 Å². The number of sulfonamides is 1. The maximum Gasteiger partial charge on any atom is 0.260 e. The molecule has 2 aromatic carbocycles. The minimum Gasteiger partial charge on any atom is -0.477 e. The average molecular weight is 415 g/mol. The summed E-state index contributed by atoms with van der Waals surface area (Å²) in [7, 11) is -2.50. The third kappa shape index (κ3) is 4.82. The second-order valence-electron chi connectivity index (χ2n) is 6.50. The zero-order valence-electron chi connectivity index (χ0n) is 15.8. The van der Waals surface area contributed by atoms with Gasteiger partial charge < -0.3 is 15.4 Å². The average Bonchev–Trinajstić information content (AvgIpc) is 2.72. The molecule has 1 atom stereocenters. The van der Waals surface area contributed by atoms with Gasteiger partial charge >= 0.3 is 0 Å². The van der Waals surface area contributed by atoms with E-state index in [2.05, 4.69) is 0 Å². The molecule has 0 bridgehead atoms. The second-order valence-corrected chi connectivity index (χ2v) is 8.42. The predicted octanol–water partition coefficient (Wildman–Crippen LogP) is 1.20. The van der Waals surface area contributed by atoms with E-state index in [1.165, 1.54) is 18.0 Å².